The summed E-state index contributed by atoms with van der Waals surface area (Å²) in [5.41, 5.74) is -0.621. The van der Waals surface area contributed by atoms with E-state index in [1.54, 1.807) is 19.1 Å². The molecular weight excluding hydrogens is 530 g/mol. The molecule has 3 rings (SSSR count). The maximum atomic E-state index is 13.2. The summed E-state index contributed by atoms with van der Waals surface area (Å²) in [5.74, 6) is -2.04. The van der Waals surface area contributed by atoms with E-state index < -0.39 is 54.1 Å². The summed E-state index contributed by atoms with van der Waals surface area (Å²) >= 11 is 0. The first-order valence-electron chi connectivity index (χ1n) is 15.3. The van der Waals surface area contributed by atoms with Crippen molar-refractivity contribution in [2.45, 2.75) is 128 Å². The van der Waals surface area contributed by atoms with Crippen molar-refractivity contribution >= 4 is 11.8 Å². The van der Waals surface area contributed by atoms with E-state index in [1.807, 2.05) is 53.6 Å². The topological polar surface area (TPSA) is 138 Å². The molecule has 41 heavy (non-hydrogen) atoms. The fourth-order valence-corrected chi connectivity index (χ4v) is 6.59. The van der Waals surface area contributed by atoms with Crippen LogP contribution in [-0.4, -0.2) is 107 Å². The third-order valence-electron chi connectivity index (χ3n) is 9.39. The number of cyclic esters (lactones) is 1. The molecule has 0 aliphatic carbocycles. The van der Waals surface area contributed by atoms with Crippen molar-refractivity contribution in [3.05, 3.63) is 12.2 Å². The fraction of sp³-hybridized carbons (Fsp3) is 0.871. The Labute approximate surface area is 245 Å². The van der Waals surface area contributed by atoms with Crippen LogP contribution in [0, 0.1) is 23.7 Å². The van der Waals surface area contributed by atoms with Gasteiger partial charge in [0.05, 0.1) is 30.8 Å². The number of ketones is 1. The van der Waals surface area contributed by atoms with Crippen molar-refractivity contribution in [1.82, 2.24) is 4.90 Å². The van der Waals surface area contributed by atoms with Crippen LogP contribution in [0.2, 0.25) is 0 Å². The van der Waals surface area contributed by atoms with Gasteiger partial charge in [0.1, 0.15) is 17.8 Å². The Kier molecular flexibility index (Phi) is 12.0. The molecule has 3 aliphatic heterocycles. The molecule has 10 heteroatoms. The van der Waals surface area contributed by atoms with Crippen molar-refractivity contribution in [3.63, 3.8) is 0 Å². The number of carbonyl (C=O) groups excluding carboxylic acids is 2. The fourth-order valence-electron chi connectivity index (χ4n) is 6.59. The molecule has 3 heterocycles. The van der Waals surface area contributed by atoms with Gasteiger partial charge in [0.15, 0.2) is 12.1 Å². The minimum Gasteiger partial charge on any atom is -0.462 e. The molecule has 0 spiro atoms. The molecule has 2 fully saturated rings. The lowest BCUT2D eigenvalue weighted by Crippen LogP contribution is -2.56. The van der Waals surface area contributed by atoms with Crippen LogP contribution in [0.25, 0.3) is 0 Å². The maximum Gasteiger partial charge on any atom is 0.308 e. The number of ether oxygens (including phenoxy) is 4. The number of aliphatic hydroxyl groups is 3. The molecule has 0 saturated carbocycles. The van der Waals surface area contributed by atoms with Gasteiger partial charge in [-0.2, -0.15) is 0 Å². The van der Waals surface area contributed by atoms with Crippen LogP contribution >= 0.6 is 0 Å². The van der Waals surface area contributed by atoms with Crippen LogP contribution in [0.5, 0.6) is 0 Å². The molecule has 3 N–H and O–H groups in total. The van der Waals surface area contributed by atoms with Gasteiger partial charge in [0.25, 0.3) is 0 Å². The second kappa shape index (κ2) is 14.4. The summed E-state index contributed by atoms with van der Waals surface area (Å²) in [5, 5.41) is 32.5. The van der Waals surface area contributed by atoms with E-state index >= 15 is 0 Å². The number of aliphatic hydroxyl groups excluding tert-OH is 3. The first kappa shape index (κ1) is 34.1. The Balaban J connectivity index is 1.95. The smallest absolute Gasteiger partial charge is 0.308 e. The summed E-state index contributed by atoms with van der Waals surface area (Å²) in [6, 6.07) is -0.199. The average molecular weight is 584 g/mol. The molecule has 10 nitrogen and oxygen atoms in total. The zero-order valence-electron chi connectivity index (χ0n) is 26.1. The number of allylic oxidation sites excluding steroid dienone is 1. The Bertz CT molecular complexity index is 912. The van der Waals surface area contributed by atoms with E-state index in [2.05, 4.69) is 0 Å². The van der Waals surface area contributed by atoms with Gasteiger partial charge < -0.3 is 39.2 Å². The normalized spacial score (nSPS) is 45.7. The number of esters is 1. The minimum atomic E-state index is -1.12. The number of epoxide rings is 1. The van der Waals surface area contributed by atoms with Crippen molar-refractivity contribution in [3.8, 4) is 0 Å². The number of likely N-dealkylation sites (N-methyl/N-ethyl adjacent to an activating group) is 1. The van der Waals surface area contributed by atoms with Crippen LogP contribution in [0.15, 0.2) is 12.2 Å². The summed E-state index contributed by atoms with van der Waals surface area (Å²) in [4.78, 5) is 28.2. The molecule has 3 aliphatic rings. The van der Waals surface area contributed by atoms with Gasteiger partial charge in [-0.1, -0.05) is 27.7 Å². The van der Waals surface area contributed by atoms with Crippen LogP contribution in [0.4, 0.5) is 0 Å². The number of nitrogens with zero attached hydrogens (tertiary/aromatic N) is 1. The molecular formula is C31H53NO9. The second-order valence-corrected chi connectivity index (χ2v) is 13.0. The Morgan fingerprint density at radius 2 is 1.78 bits per heavy atom. The summed E-state index contributed by atoms with van der Waals surface area (Å²) in [6.07, 6.45) is 0.468. The van der Waals surface area contributed by atoms with Gasteiger partial charge in [0.2, 0.25) is 0 Å². The molecule has 0 bridgehead atoms. The largest absolute Gasteiger partial charge is 0.462 e. The highest BCUT2D eigenvalue weighted by Crippen LogP contribution is 2.45. The lowest BCUT2D eigenvalue weighted by molar-refractivity contribution is -0.283. The highest BCUT2D eigenvalue weighted by molar-refractivity contribution is 5.91. The van der Waals surface area contributed by atoms with E-state index in [4.69, 9.17) is 18.9 Å². The SMILES string of the molecule is CCC1OC(=O)CC(O)C(C)C(OC2OC(C)CC(N(C)C)C2O)C(CCO)CC(C)C(=O)/C=C\C2(C)OC2C1C. The van der Waals surface area contributed by atoms with Crippen molar-refractivity contribution in [2.24, 2.45) is 23.7 Å². The summed E-state index contributed by atoms with van der Waals surface area (Å²) in [6.45, 7) is 11.2. The molecule has 0 radical (unpaired) electrons. The first-order valence-corrected chi connectivity index (χ1v) is 15.3. The zero-order chi connectivity index (χ0) is 30.6. The van der Waals surface area contributed by atoms with Gasteiger partial charge in [-0.15, -0.1) is 0 Å². The lowest BCUT2D eigenvalue weighted by atomic mass is 9.79. The second-order valence-electron chi connectivity index (χ2n) is 13.0. The van der Waals surface area contributed by atoms with E-state index in [1.165, 1.54) is 0 Å². The monoisotopic (exact) mass is 583 g/mol. The molecule has 0 aromatic heterocycles. The van der Waals surface area contributed by atoms with Crippen molar-refractivity contribution in [1.29, 1.82) is 0 Å². The van der Waals surface area contributed by atoms with Gasteiger partial charge in [-0.05, 0) is 71.7 Å². The van der Waals surface area contributed by atoms with E-state index in [-0.39, 0.29) is 48.9 Å². The molecule has 13 atom stereocenters. The van der Waals surface area contributed by atoms with Crippen molar-refractivity contribution in [2.75, 3.05) is 20.7 Å². The molecule has 13 unspecified atom stereocenters. The third kappa shape index (κ3) is 8.37. The van der Waals surface area contributed by atoms with E-state index in [0.717, 1.165) is 0 Å². The van der Waals surface area contributed by atoms with Gasteiger partial charge in [-0.3, -0.25) is 9.59 Å². The van der Waals surface area contributed by atoms with Crippen LogP contribution in [0.1, 0.15) is 73.6 Å². The van der Waals surface area contributed by atoms with Gasteiger partial charge in [0, 0.05) is 30.4 Å². The third-order valence-corrected chi connectivity index (χ3v) is 9.39. The molecule has 0 amide bonds. The number of fused-ring (bicyclic) bond motifs is 1. The van der Waals surface area contributed by atoms with E-state index in [0.29, 0.717) is 25.7 Å². The molecule has 2 saturated heterocycles. The lowest BCUT2D eigenvalue weighted by Gasteiger charge is -2.44. The summed E-state index contributed by atoms with van der Waals surface area (Å²) in [7, 11) is 3.78. The predicted molar refractivity (Wildman–Crippen MR) is 153 cm³/mol. The molecule has 0 aromatic carbocycles. The Morgan fingerprint density at radius 1 is 1.10 bits per heavy atom. The first-order chi connectivity index (χ1) is 19.2. The number of hydrogen-bond donors (Lipinski definition) is 3. The standard InChI is InChI=1S/C31H53NO9/c1-9-25-20(5)29-31(6,41-29)12-10-23(34)17(2)14-21(11-13-33)28(19(4)24(35)16-26(36)39-25)40-30-27(37)22(32(7)8)15-18(3)38-30/h10,12,17-22,24-25,27-30,33,35,37H,9,11,13-16H2,1-8H3/b12-10-. The number of carbonyl (C=O) groups is 2. The number of hydrogen-bond acceptors (Lipinski definition) is 10. The zero-order valence-corrected chi connectivity index (χ0v) is 26.1. The Morgan fingerprint density at radius 3 is 2.39 bits per heavy atom. The molecule has 0 aromatic rings. The van der Waals surface area contributed by atoms with Crippen molar-refractivity contribution < 1.29 is 43.9 Å². The number of rotatable bonds is 6. The van der Waals surface area contributed by atoms with Crippen LogP contribution in [0.3, 0.4) is 0 Å². The predicted octanol–water partition coefficient (Wildman–Crippen LogP) is 2.46. The maximum absolute atomic E-state index is 13.2. The highest BCUT2D eigenvalue weighted by Gasteiger charge is 2.55. The highest BCUT2D eigenvalue weighted by atomic mass is 16.7. The average Bonchev–Trinajstić information content (AvgIpc) is 3.60. The molecule has 236 valence electrons. The van der Waals surface area contributed by atoms with Crippen LogP contribution in [-0.2, 0) is 28.5 Å². The van der Waals surface area contributed by atoms with E-state index in [9.17, 15) is 24.9 Å². The van der Waals surface area contributed by atoms with Gasteiger partial charge >= 0.3 is 5.97 Å². The van der Waals surface area contributed by atoms with Crippen LogP contribution < -0.4 is 0 Å². The minimum absolute atomic E-state index is 0.0659. The summed E-state index contributed by atoms with van der Waals surface area (Å²) < 4.78 is 24.3. The quantitative estimate of drug-likeness (QED) is 0.316. The Hall–Kier alpha value is -1.40. The van der Waals surface area contributed by atoms with Gasteiger partial charge in [-0.25, -0.2) is 0 Å².